The molecule has 4 heteroatoms. The minimum absolute atomic E-state index is 0.189. The monoisotopic (exact) mass is 361 g/mol. The van der Waals surface area contributed by atoms with E-state index < -0.39 is 11.3 Å². The summed E-state index contributed by atoms with van der Waals surface area (Å²) < 4.78 is 24.5. The number of nitrogens with zero attached hydrogens (tertiary/aromatic N) is 1. The summed E-state index contributed by atoms with van der Waals surface area (Å²) in [4.78, 5) is 0. The molecule has 24 heavy (non-hydrogen) atoms. The van der Waals surface area contributed by atoms with Gasteiger partial charge in [0.05, 0.1) is 0 Å². The van der Waals surface area contributed by atoms with Crippen molar-refractivity contribution in [3.05, 3.63) is 0 Å². The highest BCUT2D eigenvalue weighted by Gasteiger charge is 2.35. The first-order chi connectivity index (χ1) is 11.1. The van der Waals surface area contributed by atoms with Gasteiger partial charge in [0.15, 0.2) is 0 Å². The first-order valence-corrected chi connectivity index (χ1v) is 11.1. The van der Waals surface area contributed by atoms with Gasteiger partial charge < -0.3 is 0 Å². The lowest BCUT2D eigenvalue weighted by atomic mass is 9.87. The van der Waals surface area contributed by atoms with Crippen LogP contribution < -0.4 is 0 Å². The van der Waals surface area contributed by atoms with Gasteiger partial charge in [-0.1, -0.05) is 68.2 Å². The normalized spacial score (nSPS) is 18.8. The van der Waals surface area contributed by atoms with Gasteiger partial charge in [-0.3, -0.25) is 4.55 Å². The van der Waals surface area contributed by atoms with E-state index in [1.807, 2.05) is 4.31 Å². The SMILES string of the molecule is CCC(C)C(CCC(C)C)N(C(CCC(C)C)C(C)CC)S(=O)O. The van der Waals surface area contributed by atoms with Crippen LogP contribution in [0, 0.1) is 23.7 Å². The molecule has 0 spiro atoms. The molecule has 0 aromatic heterocycles. The second-order valence-corrected chi connectivity index (χ2v) is 9.32. The lowest BCUT2D eigenvalue weighted by Crippen LogP contribution is -2.50. The van der Waals surface area contributed by atoms with Crippen LogP contribution in [0.2, 0.25) is 0 Å². The summed E-state index contributed by atoms with van der Waals surface area (Å²) in [7, 11) is 0. The van der Waals surface area contributed by atoms with Crippen LogP contribution in [0.4, 0.5) is 0 Å². The van der Waals surface area contributed by atoms with E-state index in [9.17, 15) is 8.76 Å². The summed E-state index contributed by atoms with van der Waals surface area (Å²) in [5.74, 6) is 2.13. The van der Waals surface area contributed by atoms with Crippen LogP contribution in [0.5, 0.6) is 0 Å². The lowest BCUT2D eigenvalue weighted by Gasteiger charge is -2.41. The third-order valence-electron chi connectivity index (χ3n) is 5.52. The first-order valence-electron chi connectivity index (χ1n) is 10.0. The molecule has 0 radical (unpaired) electrons. The maximum Gasteiger partial charge on any atom is 0.235 e. The predicted molar refractivity (Wildman–Crippen MR) is 107 cm³/mol. The molecule has 0 rings (SSSR count). The Morgan fingerprint density at radius 1 is 0.750 bits per heavy atom. The molecule has 5 unspecified atom stereocenters. The summed E-state index contributed by atoms with van der Waals surface area (Å²) in [6.07, 6.45) is 6.34. The minimum Gasteiger partial charge on any atom is -0.294 e. The maximum atomic E-state index is 12.3. The third kappa shape index (κ3) is 8.44. The summed E-state index contributed by atoms with van der Waals surface area (Å²) in [6, 6.07) is 0.379. The van der Waals surface area contributed by atoms with Gasteiger partial charge in [0.1, 0.15) is 0 Å². The quantitative estimate of drug-likeness (QED) is 0.401. The predicted octanol–water partition coefficient (Wildman–Crippen LogP) is 6.13. The van der Waals surface area contributed by atoms with Crippen LogP contribution in [0.15, 0.2) is 0 Å². The largest absolute Gasteiger partial charge is 0.294 e. The molecule has 0 aliphatic rings. The molecule has 0 aliphatic heterocycles. The fraction of sp³-hybridized carbons (Fsp3) is 1.00. The van der Waals surface area contributed by atoms with Crippen molar-refractivity contribution < 1.29 is 8.76 Å². The Morgan fingerprint density at radius 3 is 1.29 bits per heavy atom. The Kier molecular flexibility index (Phi) is 12.5. The highest BCUT2D eigenvalue weighted by molar-refractivity contribution is 7.76. The van der Waals surface area contributed by atoms with Gasteiger partial charge in [-0.05, 0) is 49.4 Å². The van der Waals surface area contributed by atoms with Crippen molar-refractivity contribution in [1.29, 1.82) is 0 Å². The Balaban J connectivity index is 5.52. The summed E-state index contributed by atoms with van der Waals surface area (Å²) in [6.45, 7) is 17.8. The average Bonchev–Trinajstić information content (AvgIpc) is 2.51. The van der Waals surface area contributed by atoms with Crippen LogP contribution in [0.25, 0.3) is 0 Å². The van der Waals surface area contributed by atoms with E-state index in [4.69, 9.17) is 0 Å². The molecule has 0 saturated heterocycles. The highest BCUT2D eigenvalue weighted by Crippen LogP contribution is 2.31. The molecular formula is C20H43NO2S. The van der Waals surface area contributed by atoms with Gasteiger partial charge in [0.2, 0.25) is 11.3 Å². The summed E-state index contributed by atoms with van der Waals surface area (Å²) >= 11 is -1.90. The second-order valence-electron chi connectivity index (χ2n) is 8.44. The standard InChI is InChI=1S/C20H43NO2S/c1-9-17(7)19(13-11-15(3)4)21(24(22)23)20(18(8)10-2)14-12-16(5)6/h15-20H,9-14H2,1-8H3,(H,22,23). The van der Waals surface area contributed by atoms with Crippen LogP contribution >= 0.6 is 0 Å². The molecule has 146 valence electrons. The lowest BCUT2D eigenvalue weighted by molar-refractivity contribution is 0.127. The van der Waals surface area contributed by atoms with E-state index in [1.54, 1.807) is 0 Å². The van der Waals surface area contributed by atoms with E-state index in [0.29, 0.717) is 23.7 Å². The van der Waals surface area contributed by atoms with E-state index in [0.717, 1.165) is 38.5 Å². The smallest absolute Gasteiger partial charge is 0.235 e. The molecule has 0 amide bonds. The summed E-state index contributed by atoms with van der Waals surface area (Å²) in [5, 5.41) is 0. The van der Waals surface area contributed by atoms with Crippen molar-refractivity contribution in [1.82, 2.24) is 4.31 Å². The number of rotatable bonds is 13. The van der Waals surface area contributed by atoms with Crippen molar-refractivity contribution in [3.8, 4) is 0 Å². The van der Waals surface area contributed by atoms with Gasteiger partial charge in [0.25, 0.3) is 0 Å². The van der Waals surface area contributed by atoms with Crippen molar-refractivity contribution >= 4 is 11.3 Å². The van der Waals surface area contributed by atoms with Crippen LogP contribution in [0.1, 0.15) is 93.9 Å². The molecule has 0 aliphatic carbocycles. The number of hydrogen-bond acceptors (Lipinski definition) is 1. The first kappa shape index (κ1) is 24.1. The van der Waals surface area contributed by atoms with Crippen LogP contribution in [0.3, 0.4) is 0 Å². The molecule has 0 saturated carbocycles. The average molecular weight is 362 g/mol. The van der Waals surface area contributed by atoms with Crippen molar-refractivity contribution in [2.24, 2.45) is 23.7 Å². The van der Waals surface area contributed by atoms with Crippen molar-refractivity contribution in [2.45, 2.75) is 106 Å². The van der Waals surface area contributed by atoms with Gasteiger partial charge in [0, 0.05) is 12.1 Å². The zero-order valence-corrected chi connectivity index (χ0v) is 18.2. The van der Waals surface area contributed by atoms with E-state index >= 15 is 0 Å². The van der Waals surface area contributed by atoms with Crippen LogP contribution in [-0.2, 0) is 11.3 Å². The molecule has 0 bridgehead atoms. The van der Waals surface area contributed by atoms with E-state index in [-0.39, 0.29) is 12.1 Å². The highest BCUT2D eigenvalue weighted by atomic mass is 32.2. The Morgan fingerprint density at radius 2 is 1.08 bits per heavy atom. The Bertz CT molecular complexity index is 321. The van der Waals surface area contributed by atoms with Gasteiger partial charge >= 0.3 is 0 Å². The van der Waals surface area contributed by atoms with Crippen molar-refractivity contribution in [3.63, 3.8) is 0 Å². The molecule has 0 aromatic rings. The van der Waals surface area contributed by atoms with Crippen LogP contribution in [-0.4, -0.2) is 25.2 Å². The molecule has 0 aromatic carbocycles. The van der Waals surface area contributed by atoms with E-state index in [2.05, 4.69) is 55.4 Å². The molecular weight excluding hydrogens is 318 g/mol. The Hall–Kier alpha value is 0.0700. The van der Waals surface area contributed by atoms with Gasteiger partial charge in [-0.2, -0.15) is 4.31 Å². The maximum absolute atomic E-state index is 12.3. The minimum atomic E-state index is -1.90. The van der Waals surface area contributed by atoms with Crippen molar-refractivity contribution in [2.75, 3.05) is 0 Å². The second kappa shape index (κ2) is 12.4. The zero-order chi connectivity index (χ0) is 18.9. The topological polar surface area (TPSA) is 40.5 Å². The molecule has 0 heterocycles. The fourth-order valence-corrected chi connectivity index (χ4v) is 4.44. The molecule has 5 atom stereocenters. The zero-order valence-electron chi connectivity index (χ0n) is 17.4. The van der Waals surface area contributed by atoms with Gasteiger partial charge in [-0.25, -0.2) is 4.21 Å². The molecule has 0 fully saturated rings. The molecule has 1 N–H and O–H groups in total. The van der Waals surface area contributed by atoms with Gasteiger partial charge in [-0.15, -0.1) is 0 Å². The third-order valence-corrected chi connectivity index (χ3v) is 6.42. The number of hydrogen-bond donors (Lipinski definition) is 1. The summed E-state index contributed by atoms with van der Waals surface area (Å²) in [5.41, 5.74) is 0. The molecule has 3 nitrogen and oxygen atoms in total. The fourth-order valence-electron chi connectivity index (χ4n) is 3.36. The van der Waals surface area contributed by atoms with E-state index in [1.165, 1.54) is 0 Å². The Labute approximate surface area is 154 Å².